The minimum Gasteiger partial charge on any atom is -0.377 e. The van der Waals surface area contributed by atoms with Crippen molar-refractivity contribution in [2.24, 2.45) is 5.92 Å². The van der Waals surface area contributed by atoms with Crippen molar-refractivity contribution < 1.29 is 9.53 Å². The Morgan fingerprint density at radius 1 is 1.41 bits per heavy atom. The molecule has 0 spiro atoms. The van der Waals surface area contributed by atoms with Crippen LogP contribution in [0, 0.1) is 5.92 Å². The molecule has 98 valence electrons. The van der Waals surface area contributed by atoms with Gasteiger partial charge in [0.2, 0.25) is 5.91 Å². The van der Waals surface area contributed by atoms with E-state index in [1.807, 2.05) is 11.8 Å². The molecular weight excluding hydrogens is 216 g/mol. The lowest BCUT2D eigenvalue weighted by atomic mass is 9.96. The van der Waals surface area contributed by atoms with Crippen molar-refractivity contribution in [3.8, 4) is 0 Å². The van der Waals surface area contributed by atoms with E-state index in [-0.39, 0.29) is 12.0 Å². The number of likely N-dealkylation sites (tertiary alicyclic amines) is 1. The summed E-state index contributed by atoms with van der Waals surface area (Å²) >= 11 is 0. The molecule has 2 saturated heterocycles. The van der Waals surface area contributed by atoms with Crippen LogP contribution in [0.5, 0.6) is 0 Å². The second kappa shape index (κ2) is 6.36. The summed E-state index contributed by atoms with van der Waals surface area (Å²) in [5.74, 6) is 0.533. The molecule has 1 N–H and O–H groups in total. The highest BCUT2D eigenvalue weighted by molar-refractivity contribution is 5.79. The van der Waals surface area contributed by atoms with Gasteiger partial charge < -0.3 is 15.0 Å². The lowest BCUT2D eigenvalue weighted by molar-refractivity contribution is -0.140. The van der Waals surface area contributed by atoms with Crippen molar-refractivity contribution in [2.45, 2.75) is 38.7 Å². The summed E-state index contributed by atoms with van der Waals surface area (Å²) in [6.45, 7) is 6.39. The number of nitrogens with one attached hydrogen (secondary N) is 1. The quantitative estimate of drug-likeness (QED) is 0.800. The number of piperidine rings is 2. The van der Waals surface area contributed by atoms with Crippen LogP contribution in [0.15, 0.2) is 0 Å². The highest BCUT2D eigenvalue weighted by Gasteiger charge is 2.29. The molecule has 2 rings (SSSR count). The summed E-state index contributed by atoms with van der Waals surface area (Å²) in [5, 5.41) is 3.31. The number of nitrogens with zero attached hydrogens (tertiary/aromatic N) is 1. The van der Waals surface area contributed by atoms with Crippen molar-refractivity contribution in [1.29, 1.82) is 0 Å². The fourth-order valence-corrected chi connectivity index (χ4v) is 2.83. The Kier molecular flexibility index (Phi) is 4.80. The second-order valence-electron chi connectivity index (χ2n) is 5.05. The Balaban J connectivity index is 1.85. The molecule has 1 amide bonds. The van der Waals surface area contributed by atoms with Crippen LogP contribution in [0.3, 0.4) is 0 Å². The number of rotatable bonds is 3. The first-order chi connectivity index (χ1) is 8.31. The van der Waals surface area contributed by atoms with Crippen molar-refractivity contribution in [3.05, 3.63) is 0 Å². The van der Waals surface area contributed by atoms with Crippen LogP contribution in [0.4, 0.5) is 0 Å². The van der Waals surface area contributed by atoms with Gasteiger partial charge in [0.15, 0.2) is 0 Å². The molecule has 0 aromatic rings. The van der Waals surface area contributed by atoms with Gasteiger partial charge in [-0.1, -0.05) is 0 Å². The molecular formula is C13H24N2O2. The average Bonchev–Trinajstić information content (AvgIpc) is 2.40. The van der Waals surface area contributed by atoms with Crippen LogP contribution in [-0.4, -0.2) is 49.7 Å². The van der Waals surface area contributed by atoms with E-state index in [1.165, 1.54) is 0 Å². The Labute approximate surface area is 104 Å². The molecule has 0 aliphatic carbocycles. The summed E-state index contributed by atoms with van der Waals surface area (Å²) in [7, 11) is 0. The maximum atomic E-state index is 12.3. The number of hydrogen-bond acceptors (Lipinski definition) is 3. The fourth-order valence-electron chi connectivity index (χ4n) is 2.83. The lowest BCUT2D eigenvalue weighted by Crippen LogP contribution is -2.48. The van der Waals surface area contributed by atoms with Gasteiger partial charge in [-0.05, 0) is 39.2 Å². The van der Waals surface area contributed by atoms with Crippen molar-refractivity contribution >= 4 is 5.91 Å². The average molecular weight is 240 g/mol. The second-order valence-corrected chi connectivity index (χ2v) is 5.05. The SMILES string of the molecule is CCOC1CCCN(C(=O)[C@@H]2CCCNC2)C1. The van der Waals surface area contributed by atoms with Gasteiger partial charge in [-0.25, -0.2) is 0 Å². The van der Waals surface area contributed by atoms with Gasteiger partial charge in [-0.2, -0.15) is 0 Å². The summed E-state index contributed by atoms with van der Waals surface area (Å²) in [4.78, 5) is 14.3. The van der Waals surface area contributed by atoms with Gasteiger partial charge in [-0.15, -0.1) is 0 Å². The molecule has 2 heterocycles. The van der Waals surface area contributed by atoms with E-state index >= 15 is 0 Å². The predicted octanol–water partition coefficient (Wildman–Crippen LogP) is 1.01. The molecule has 0 aromatic heterocycles. The van der Waals surface area contributed by atoms with E-state index in [9.17, 15) is 4.79 Å². The van der Waals surface area contributed by atoms with Gasteiger partial charge in [0.05, 0.1) is 12.0 Å². The van der Waals surface area contributed by atoms with Crippen molar-refractivity contribution in [1.82, 2.24) is 10.2 Å². The lowest BCUT2D eigenvalue weighted by Gasteiger charge is -2.35. The summed E-state index contributed by atoms with van der Waals surface area (Å²) in [5.41, 5.74) is 0. The Morgan fingerprint density at radius 2 is 2.29 bits per heavy atom. The largest absolute Gasteiger partial charge is 0.377 e. The fraction of sp³-hybridized carbons (Fsp3) is 0.923. The van der Waals surface area contributed by atoms with Gasteiger partial charge in [0.1, 0.15) is 0 Å². The van der Waals surface area contributed by atoms with Crippen LogP contribution in [0.2, 0.25) is 0 Å². The molecule has 2 aliphatic heterocycles. The third kappa shape index (κ3) is 3.42. The molecule has 2 aliphatic rings. The van der Waals surface area contributed by atoms with Gasteiger partial charge in [-0.3, -0.25) is 4.79 Å². The zero-order chi connectivity index (χ0) is 12.1. The topological polar surface area (TPSA) is 41.6 Å². The summed E-state index contributed by atoms with van der Waals surface area (Å²) in [6, 6.07) is 0. The molecule has 2 fully saturated rings. The smallest absolute Gasteiger partial charge is 0.227 e. The molecule has 0 radical (unpaired) electrons. The molecule has 4 nitrogen and oxygen atoms in total. The predicted molar refractivity (Wildman–Crippen MR) is 66.8 cm³/mol. The Bertz CT molecular complexity index is 250. The van der Waals surface area contributed by atoms with Gasteiger partial charge >= 0.3 is 0 Å². The van der Waals surface area contributed by atoms with Gasteiger partial charge in [0.25, 0.3) is 0 Å². The Hall–Kier alpha value is -0.610. The van der Waals surface area contributed by atoms with Crippen molar-refractivity contribution in [2.75, 3.05) is 32.8 Å². The first-order valence-electron chi connectivity index (χ1n) is 6.92. The molecule has 2 atom stereocenters. The maximum absolute atomic E-state index is 12.3. The van der Waals surface area contributed by atoms with E-state index < -0.39 is 0 Å². The minimum atomic E-state index is 0.198. The molecule has 17 heavy (non-hydrogen) atoms. The van der Waals surface area contributed by atoms with E-state index in [0.717, 1.165) is 58.5 Å². The zero-order valence-electron chi connectivity index (χ0n) is 10.8. The highest BCUT2D eigenvalue weighted by atomic mass is 16.5. The van der Waals surface area contributed by atoms with E-state index in [4.69, 9.17) is 4.74 Å². The van der Waals surface area contributed by atoms with Crippen LogP contribution < -0.4 is 5.32 Å². The number of hydrogen-bond donors (Lipinski definition) is 1. The molecule has 0 aromatic carbocycles. The molecule has 4 heteroatoms. The van der Waals surface area contributed by atoms with E-state index in [2.05, 4.69) is 5.32 Å². The molecule has 0 saturated carbocycles. The maximum Gasteiger partial charge on any atom is 0.227 e. The third-order valence-corrected chi connectivity index (χ3v) is 3.74. The van der Waals surface area contributed by atoms with Gasteiger partial charge in [0, 0.05) is 26.2 Å². The minimum absolute atomic E-state index is 0.198. The first-order valence-corrected chi connectivity index (χ1v) is 6.92. The normalized spacial score (nSPS) is 30.3. The monoisotopic (exact) mass is 240 g/mol. The molecule has 1 unspecified atom stereocenters. The standard InChI is InChI=1S/C13H24N2O2/c1-2-17-12-6-4-8-15(10-12)13(16)11-5-3-7-14-9-11/h11-12,14H,2-10H2,1H3/t11-,12?/m1/s1. The molecule has 0 bridgehead atoms. The highest BCUT2D eigenvalue weighted by Crippen LogP contribution is 2.19. The summed E-state index contributed by atoms with van der Waals surface area (Å²) < 4.78 is 5.64. The van der Waals surface area contributed by atoms with E-state index in [1.54, 1.807) is 0 Å². The number of amides is 1. The number of ether oxygens (including phenoxy) is 1. The third-order valence-electron chi connectivity index (χ3n) is 3.74. The Morgan fingerprint density at radius 3 is 3.00 bits per heavy atom. The first kappa shape index (κ1) is 12.8. The number of carbonyl (C=O) groups is 1. The zero-order valence-corrected chi connectivity index (χ0v) is 10.8. The summed E-state index contributed by atoms with van der Waals surface area (Å²) in [6.07, 6.45) is 4.60. The van der Waals surface area contributed by atoms with E-state index in [0.29, 0.717) is 5.91 Å². The number of carbonyl (C=O) groups excluding carboxylic acids is 1. The van der Waals surface area contributed by atoms with Crippen LogP contribution in [0.25, 0.3) is 0 Å². The van der Waals surface area contributed by atoms with Crippen LogP contribution >= 0.6 is 0 Å². The van der Waals surface area contributed by atoms with Crippen LogP contribution in [-0.2, 0) is 9.53 Å². The van der Waals surface area contributed by atoms with Crippen LogP contribution in [0.1, 0.15) is 32.6 Å². The van der Waals surface area contributed by atoms with Crippen molar-refractivity contribution in [3.63, 3.8) is 0 Å².